The fourth-order valence-electron chi connectivity index (χ4n) is 4.04. The zero-order chi connectivity index (χ0) is 26.8. The number of anilines is 1. The van der Waals surface area contributed by atoms with E-state index in [0.29, 0.717) is 25.8 Å². The van der Waals surface area contributed by atoms with E-state index in [-0.39, 0.29) is 24.3 Å². The normalized spacial score (nSPS) is 11.0. The molecule has 3 heterocycles. The minimum Gasteiger partial charge on any atom is -0.462 e. The maximum atomic E-state index is 13.4. The molecule has 0 aliphatic carbocycles. The van der Waals surface area contributed by atoms with Crippen LogP contribution in [0.3, 0.4) is 0 Å². The molecule has 5 aromatic rings. The lowest BCUT2D eigenvalue weighted by Gasteiger charge is -2.10. The van der Waals surface area contributed by atoms with Gasteiger partial charge < -0.3 is 10.1 Å². The van der Waals surface area contributed by atoms with Crippen molar-refractivity contribution < 1.29 is 14.3 Å². The van der Waals surface area contributed by atoms with Gasteiger partial charge in [-0.1, -0.05) is 53.6 Å². The Morgan fingerprint density at radius 1 is 1.00 bits per heavy atom. The Kier molecular flexibility index (Phi) is 7.42. The number of carbonyl (C=O) groups excluding carboxylic acids is 2. The van der Waals surface area contributed by atoms with Gasteiger partial charge in [-0.15, -0.1) is 22.7 Å². The number of ether oxygens (including phenoxy) is 1. The van der Waals surface area contributed by atoms with E-state index in [2.05, 4.69) is 10.3 Å². The summed E-state index contributed by atoms with van der Waals surface area (Å²) in [5.41, 5.74) is 4.15. The zero-order valence-corrected chi connectivity index (χ0v) is 22.9. The van der Waals surface area contributed by atoms with Crippen molar-refractivity contribution in [1.29, 1.82) is 0 Å². The highest BCUT2D eigenvalue weighted by atomic mass is 35.5. The average Bonchev–Trinajstić information content (AvgIpc) is 3.52. The van der Waals surface area contributed by atoms with Crippen LogP contribution in [0.4, 0.5) is 5.00 Å². The number of nitrogens with zero attached hydrogens (tertiary/aromatic N) is 2. The number of carbonyl (C=O) groups is 2. The van der Waals surface area contributed by atoms with E-state index in [1.165, 1.54) is 33.6 Å². The van der Waals surface area contributed by atoms with E-state index in [0.717, 1.165) is 22.3 Å². The quantitative estimate of drug-likeness (QED) is 0.224. The number of aromatic nitrogens is 2. The summed E-state index contributed by atoms with van der Waals surface area (Å²) in [5, 5.41) is 7.89. The molecule has 38 heavy (non-hydrogen) atoms. The molecule has 2 aromatic carbocycles. The molecule has 192 valence electrons. The third-order valence-corrected chi connectivity index (χ3v) is 7.95. The van der Waals surface area contributed by atoms with Gasteiger partial charge in [0.1, 0.15) is 21.9 Å². The largest absolute Gasteiger partial charge is 0.462 e. The molecule has 3 aromatic heterocycles. The number of amides is 1. The predicted molar refractivity (Wildman–Crippen MR) is 153 cm³/mol. The van der Waals surface area contributed by atoms with Crippen LogP contribution in [-0.2, 0) is 16.1 Å². The van der Waals surface area contributed by atoms with Crippen molar-refractivity contribution in [3.8, 4) is 22.3 Å². The van der Waals surface area contributed by atoms with Crippen molar-refractivity contribution in [1.82, 2.24) is 9.55 Å². The molecule has 10 heteroatoms. The Morgan fingerprint density at radius 3 is 2.37 bits per heavy atom. The molecule has 7 nitrogen and oxygen atoms in total. The summed E-state index contributed by atoms with van der Waals surface area (Å²) >= 11 is 8.61. The number of thiophene rings is 2. The van der Waals surface area contributed by atoms with E-state index >= 15 is 0 Å². The number of aryl methyl sites for hydroxylation is 1. The SMILES string of the molecule is CCOC(=O)c1c(-c2ccc(C)cc2)csc1NC(=O)Cn1cnc2scc(-c3ccc(Cl)cc3)c2c1=O. The number of nitrogens with one attached hydrogen (secondary N) is 1. The van der Waals surface area contributed by atoms with E-state index in [9.17, 15) is 14.4 Å². The van der Waals surface area contributed by atoms with E-state index < -0.39 is 11.9 Å². The first-order chi connectivity index (χ1) is 18.4. The smallest absolute Gasteiger partial charge is 0.341 e. The van der Waals surface area contributed by atoms with Crippen molar-refractivity contribution >= 4 is 61.4 Å². The van der Waals surface area contributed by atoms with Crippen molar-refractivity contribution in [2.24, 2.45) is 0 Å². The molecule has 0 spiro atoms. The molecule has 0 radical (unpaired) electrons. The Hall–Kier alpha value is -3.79. The van der Waals surface area contributed by atoms with Crippen LogP contribution < -0.4 is 10.9 Å². The lowest BCUT2D eigenvalue weighted by atomic mass is 10.0. The van der Waals surface area contributed by atoms with E-state index in [4.69, 9.17) is 16.3 Å². The monoisotopic (exact) mass is 563 g/mol. The molecular formula is C28H22ClN3O4S2. The van der Waals surface area contributed by atoms with Crippen molar-refractivity contribution in [2.45, 2.75) is 20.4 Å². The van der Waals surface area contributed by atoms with Gasteiger partial charge in [-0.05, 0) is 37.1 Å². The van der Waals surface area contributed by atoms with Crippen LogP contribution in [0.2, 0.25) is 5.02 Å². The summed E-state index contributed by atoms with van der Waals surface area (Å²) in [7, 11) is 0. The molecule has 0 aliphatic rings. The number of esters is 1. The maximum absolute atomic E-state index is 13.4. The fourth-order valence-corrected chi connectivity index (χ4v) is 6.05. The third kappa shape index (κ3) is 5.13. The number of rotatable bonds is 7. The van der Waals surface area contributed by atoms with Crippen LogP contribution in [0.5, 0.6) is 0 Å². The van der Waals surface area contributed by atoms with Crippen molar-refractivity contribution in [3.05, 3.63) is 92.1 Å². The van der Waals surface area contributed by atoms with E-state index in [1.54, 1.807) is 19.1 Å². The Labute approximate surface area is 231 Å². The zero-order valence-electron chi connectivity index (χ0n) is 20.5. The first kappa shape index (κ1) is 25.8. The molecule has 1 amide bonds. The van der Waals surface area contributed by atoms with Crippen LogP contribution in [0.25, 0.3) is 32.5 Å². The second kappa shape index (κ2) is 10.9. The Balaban J connectivity index is 1.44. The number of benzene rings is 2. The Bertz CT molecular complexity index is 1700. The summed E-state index contributed by atoms with van der Waals surface area (Å²) in [6, 6.07) is 15.0. The molecule has 5 rings (SSSR count). The van der Waals surface area contributed by atoms with Gasteiger partial charge in [0, 0.05) is 26.9 Å². The number of hydrogen-bond acceptors (Lipinski definition) is 7. The van der Waals surface area contributed by atoms with Gasteiger partial charge in [-0.25, -0.2) is 9.78 Å². The molecule has 0 aliphatic heterocycles. The van der Waals surface area contributed by atoms with Crippen molar-refractivity contribution in [2.75, 3.05) is 11.9 Å². The Morgan fingerprint density at radius 2 is 1.66 bits per heavy atom. The molecule has 0 bridgehead atoms. The molecular weight excluding hydrogens is 542 g/mol. The van der Waals surface area contributed by atoms with Gasteiger partial charge in [0.2, 0.25) is 5.91 Å². The molecule has 0 saturated carbocycles. The van der Waals surface area contributed by atoms with Crippen LogP contribution in [0, 0.1) is 6.92 Å². The van der Waals surface area contributed by atoms with Gasteiger partial charge in [0.25, 0.3) is 5.56 Å². The van der Waals surface area contributed by atoms with Crippen LogP contribution in [0.15, 0.2) is 70.4 Å². The lowest BCUT2D eigenvalue weighted by molar-refractivity contribution is -0.116. The summed E-state index contributed by atoms with van der Waals surface area (Å²) in [5.74, 6) is -0.981. The van der Waals surface area contributed by atoms with Crippen molar-refractivity contribution in [3.63, 3.8) is 0 Å². The highest BCUT2D eigenvalue weighted by Gasteiger charge is 2.23. The van der Waals surface area contributed by atoms with Gasteiger partial charge in [0.05, 0.1) is 18.3 Å². The topological polar surface area (TPSA) is 90.3 Å². The molecule has 0 unspecified atom stereocenters. The van der Waals surface area contributed by atoms with Gasteiger partial charge >= 0.3 is 5.97 Å². The number of fused-ring (bicyclic) bond motifs is 1. The number of hydrogen-bond donors (Lipinski definition) is 1. The first-order valence-electron chi connectivity index (χ1n) is 11.7. The summed E-state index contributed by atoms with van der Waals surface area (Å²) in [6.45, 7) is 3.65. The van der Waals surface area contributed by atoms with Crippen LogP contribution in [-0.4, -0.2) is 28.0 Å². The maximum Gasteiger partial charge on any atom is 0.341 e. The average molecular weight is 564 g/mol. The van der Waals surface area contributed by atoms with E-state index in [1.807, 2.05) is 54.1 Å². The lowest BCUT2D eigenvalue weighted by Crippen LogP contribution is -2.28. The summed E-state index contributed by atoms with van der Waals surface area (Å²) < 4.78 is 6.54. The number of halogens is 1. The van der Waals surface area contributed by atoms with Gasteiger partial charge in [-0.3, -0.25) is 14.2 Å². The van der Waals surface area contributed by atoms with Gasteiger partial charge in [-0.2, -0.15) is 0 Å². The summed E-state index contributed by atoms with van der Waals surface area (Å²) in [6.07, 6.45) is 1.37. The second-order valence-electron chi connectivity index (χ2n) is 8.50. The first-order valence-corrected chi connectivity index (χ1v) is 13.9. The standard InChI is InChI=1S/C28H22ClN3O4S2/c1-3-36-28(35)24-21(17-6-4-16(2)5-7-17)14-38-26(24)31-22(33)12-32-15-30-25-23(27(32)34)20(13-37-25)18-8-10-19(29)11-9-18/h4-11,13-15H,3,12H2,1-2H3,(H,31,33). The fraction of sp³-hybridized carbons (Fsp3) is 0.143. The van der Waals surface area contributed by atoms with Crippen LogP contribution in [0.1, 0.15) is 22.8 Å². The molecule has 1 N–H and O–H groups in total. The van der Waals surface area contributed by atoms with Gasteiger partial charge in [0.15, 0.2) is 0 Å². The van der Waals surface area contributed by atoms with Crippen LogP contribution >= 0.6 is 34.3 Å². The molecule has 0 fully saturated rings. The minimum atomic E-state index is -0.522. The molecule has 0 atom stereocenters. The minimum absolute atomic E-state index is 0.201. The predicted octanol–water partition coefficient (Wildman–Crippen LogP) is 6.63. The highest BCUT2D eigenvalue weighted by Crippen LogP contribution is 2.36. The highest BCUT2D eigenvalue weighted by molar-refractivity contribution is 7.17. The second-order valence-corrected chi connectivity index (χ2v) is 10.7. The third-order valence-electron chi connectivity index (χ3n) is 5.92. The summed E-state index contributed by atoms with van der Waals surface area (Å²) in [4.78, 5) is 44.3. The molecule has 0 saturated heterocycles.